The molecule has 0 bridgehead atoms. The minimum absolute atomic E-state index is 0.0843. The molecule has 0 radical (unpaired) electrons. The van der Waals surface area contributed by atoms with Crippen molar-refractivity contribution in [3.8, 4) is 0 Å². The number of nitrogens with zero attached hydrogens (tertiary/aromatic N) is 4. The summed E-state index contributed by atoms with van der Waals surface area (Å²) in [5, 5.41) is 14.7. The highest BCUT2D eigenvalue weighted by Crippen LogP contribution is 2.23. The summed E-state index contributed by atoms with van der Waals surface area (Å²) in [5.41, 5.74) is -0.0843. The lowest BCUT2D eigenvalue weighted by molar-refractivity contribution is 0.0243. The van der Waals surface area contributed by atoms with Crippen molar-refractivity contribution >= 4 is 5.96 Å². The van der Waals surface area contributed by atoms with Crippen LogP contribution in [0.2, 0.25) is 0 Å². The average molecular weight is 280 g/mol. The Balaban J connectivity index is 1.82. The Hall–Kier alpha value is -1.63. The fourth-order valence-corrected chi connectivity index (χ4v) is 2.24. The maximum Gasteiger partial charge on any atom is 0.191 e. The monoisotopic (exact) mass is 280 g/mol. The fraction of sp³-hybridized carbons (Fsp3) is 0.769. The number of hydrogen-bond donors (Lipinski definition) is 2. The van der Waals surface area contributed by atoms with E-state index in [1.807, 2.05) is 18.5 Å². The van der Waals surface area contributed by atoms with Gasteiger partial charge in [-0.2, -0.15) is 0 Å². The summed E-state index contributed by atoms with van der Waals surface area (Å²) in [5.74, 6) is 2.53. The number of ether oxygens (including phenoxy) is 1. The molecule has 7 nitrogen and oxygen atoms in total. The van der Waals surface area contributed by atoms with Crippen LogP contribution >= 0.6 is 0 Å². The molecule has 2 rings (SSSR count). The van der Waals surface area contributed by atoms with E-state index < -0.39 is 0 Å². The average Bonchev–Trinajstić information content (AvgIpc) is 3.00. The molecule has 1 aliphatic heterocycles. The van der Waals surface area contributed by atoms with E-state index in [9.17, 15) is 0 Å². The molecule has 0 spiro atoms. The molecule has 0 aliphatic carbocycles. The van der Waals surface area contributed by atoms with Crippen LogP contribution in [0.1, 0.15) is 31.4 Å². The van der Waals surface area contributed by atoms with Gasteiger partial charge in [0.2, 0.25) is 0 Å². The number of aromatic nitrogens is 3. The smallest absolute Gasteiger partial charge is 0.191 e. The van der Waals surface area contributed by atoms with E-state index in [4.69, 9.17) is 4.74 Å². The van der Waals surface area contributed by atoms with Crippen molar-refractivity contribution in [2.24, 2.45) is 12.0 Å². The molecule has 0 aromatic carbocycles. The minimum Gasteiger partial charge on any atom is -0.373 e. The first-order chi connectivity index (χ1) is 9.54. The molecule has 20 heavy (non-hydrogen) atoms. The van der Waals surface area contributed by atoms with Crippen molar-refractivity contribution < 1.29 is 4.74 Å². The Morgan fingerprint density at radius 3 is 2.80 bits per heavy atom. The Morgan fingerprint density at radius 1 is 1.45 bits per heavy atom. The second kappa shape index (κ2) is 6.21. The molecule has 0 amide bonds. The summed E-state index contributed by atoms with van der Waals surface area (Å²) in [6.07, 6.45) is 2.21. The first-order valence-electron chi connectivity index (χ1n) is 6.97. The number of aryl methyl sites for hydroxylation is 1. The number of nitrogens with one attached hydrogen (secondary N) is 2. The quantitative estimate of drug-likeness (QED) is 0.615. The highest BCUT2D eigenvalue weighted by Gasteiger charge is 2.29. The number of guanidine groups is 1. The number of hydrogen-bond acceptors (Lipinski definition) is 4. The van der Waals surface area contributed by atoms with Crippen molar-refractivity contribution in [2.45, 2.75) is 38.8 Å². The Bertz CT molecular complexity index is 475. The third kappa shape index (κ3) is 3.47. The topological polar surface area (TPSA) is 76.4 Å². The molecule has 1 aromatic heterocycles. The van der Waals surface area contributed by atoms with E-state index in [2.05, 4.69) is 32.7 Å². The van der Waals surface area contributed by atoms with Gasteiger partial charge in [0.05, 0.1) is 12.1 Å². The van der Waals surface area contributed by atoms with E-state index in [1.54, 1.807) is 7.05 Å². The van der Waals surface area contributed by atoms with Gasteiger partial charge in [-0.05, 0) is 26.7 Å². The zero-order chi connectivity index (χ0) is 14.6. The first kappa shape index (κ1) is 14.8. The zero-order valence-corrected chi connectivity index (χ0v) is 12.7. The third-order valence-electron chi connectivity index (χ3n) is 3.75. The van der Waals surface area contributed by atoms with E-state index >= 15 is 0 Å². The molecule has 7 heteroatoms. The van der Waals surface area contributed by atoms with Gasteiger partial charge in [-0.25, -0.2) is 0 Å². The molecular formula is C13H24N6O. The normalized spacial score (nSPS) is 23.1. The highest BCUT2D eigenvalue weighted by molar-refractivity contribution is 5.79. The van der Waals surface area contributed by atoms with Crippen molar-refractivity contribution in [2.75, 3.05) is 20.2 Å². The van der Waals surface area contributed by atoms with E-state index in [1.165, 1.54) is 0 Å². The van der Waals surface area contributed by atoms with Crippen molar-refractivity contribution in [3.63, 3.8) is 0 Å². The van der Waals surface area contributed by atoms with Gasteiger partial charge in [-0.1, -0.05) is 0 Å². The Morgan fingerprint density at radius 2 is 2.25 bits per heavy atom. The second-order valence-corrected chi connectivity index (χ2v) is 5.40. The van der Waals surface area contributed by atoms with Crippen LogP contribution in [0, 0.1) is 6.92 Å². The molecule has 1 fully saturated rings. The molecule has 0 saturated carbocycles. The van der Waals surface area contributed by atoms with Crippen LogP contribution in [0.4, 0.5) is 0 Å². The van der Waals surface area contributed by atoms with Crippen LogP contribution in [0.3, 0.4) is 0 Å². The van der Waals surface area contributed by atoms with E-state index in [-0.39, 0.29) is 5.60 Å². The van der Waals surface area contributed by atoms with Gasteiger partial charge in [0, 0.05) is 27.2 Å². The predicted octanol–water partition coefficient (Wildman–Crippen LogP) is 0.358. The highest BCUT2D eigenvalue weighted by atomic mass is 16.5. The first-order valence-corrected chi connectivity index (χ1v) is 6.97. The van der Waals surface area contributed by atoms with Gasteiger partial charge >= 0.3 is 0 Å². The van der Waals surface area contributed by atoms with Crippen molar-refractivity contribution in [3.05, 3.63) is 11.6 Å². The fourth-order valence-electron chi connectivity index (χ4n) is 2.24. The molecule has 1 atom stereocenters. The lowest BCUT2D eigenvalue weighted by Gasteiger charge is -2.24. The molecular weight excluding hydrogens is 256 g/mol. The van der Waals surface area contributed by atoms with Gasteiger partial charge in [0.1, 0.15) is 5.82 Å². The maximum atomic E-state index is 5.75. The summed E-state index contributed by atoms with van der Waals surface area (Å²) in [6, 6.07) is 0. The van der Waals surface area contributed by atoms with Crippen LogP contribution in [0.5, 0.6) is 0 Å². The second-order valence-electron chi connectivity index (χ2n) is 5.40. The summed E-state index contributed by atoms with van der Waals surface area (Å²) in [6.45, 7) is 6.26. The lowest BCUT2D eigenvalue weighted by atomic mass is 10.0. The van der Waals surface area contributed by atoms with Crippen LogP contribution in [0.25, 0.3) is 0 Å². The van der Waals surface area contributed by atoms with Crippen LogP contribution < -0.4 is 10.6 Å². The van der Waals surface area contributed by atoms with E-state index in [0.717, 1.165) is 43.6 Å². The molecule has 2 heterocycles. The third-order valence-corrected chi connectivity index (χ3v) is 3.75. The Kier molecular flexibility index (Phi) is 4.59. The van der Waals surface area contributed by atoms with Gasteiger partial charge < -0.3 is 19.9 Å². The van der Waals surface area contributed by atoms with Crippen LogP contribution in [0.15, 0.2) is 4.99 Å². The molecule has 1 saturated heterocycles. The van der Waals surface area contributed by atoms with Gasteiger partial charge in [0.25, 0.3) is 0 Å². The summed E-state index contributed by atoms with van der Waals surface area (Å²) in [4.78, 5) is 4.21. The molecule has 1 unspecified atom stereocenters. The largest absolute Gasteiger partial charge is 0.373 e. The van der Waals surface area contributed by atoms with Crippen LogP contribution in [-0.2, 0) is 18.3 Å². The van der Waals surface area contributed by atoms with Crippen LogP contribution in [-0.4, -0.2) is 46.5 Å². The Labute approximate surface area is 119 Å². The maximum absolute atomic E-state index is 5.75. The predicted molar refractivity (Wildman–Crippen MR) is 77.5 cm³/mol. The van der Waals surface area contributed by atoms with Gasteiger partial charge in [-0.15, -0.1) is 10.2 Å². The number of rotatable bonds is 4. The molecule has 112 valence electrons. The van der Waals surface area contributed by atoms with Crippen molar-refractivity contribution in [1.29, 1.82) is 0 Å². The summed E-state index contributed by atoms with van der Waals surface area (Å²) >= 11 is 0. The SMILES string of the molecule is CN=C(NCc1nnc(C)n1C)NCC1(C)CCCO1. The molecule has 1 aromatic rings. The van der Waals surface area contributed by atoms with Gasteiger partial charge in [0.15, 0.2) is 11.8 Å². The summed E-state index contributed by atoms with van der Waals surface area (Å²) < 4.78 is 7.71. The lowest BCUT2D eigenvalue weighted by Crippen LogP contribution is -2.45. The number of aliphatic imine (C=N–C) groups is 1. The zero-order valence-electron chi connectivity index (χ0n) is 12.7. The summed E-state index contributed by atoms with van der Waals surface area (Å²) in [7, 11) is 3.71. The minimum atomic E-state index is -0.0843. The van der Waals surface area contributed by atoms with Crippen molar-refractivity contribution in [1.82, 2.24) is 25.4 Å². The van der Waals surface area contributed by atoms with E-state index in [0.29, 0.717) is 6.54 Å². The molecule has 1 aliphatic rings. The van der Waals surface area contributed by atoms with Gasteiger partial charge in [-0.3, -0.25) is 4.99 Å². The standard InChI is InChI=1S/C13H24N6O/c1-10-17-18-11(19(10)4)8-15-12(14-3)16-9-13(2)6-5-7-20-13/h5-9H2,1-4H3,(H2,14,15,16). The molecule has 2 N–H and O–H groups in total.